The Labute approximate surface area is 116 Å². The van der Waals surface area contributed by atoms with Crippen molar-refractivity contribution in [3.05, 3.63) is 34.1 Å². The van der Waals surface area contributed by atoms with Crippen LogP contribution in [0.5, 0.6) is 0 Å². The molecule has 0 radical (unpaired) electrons. The largest absolute Gasteiger partial charge is 0.394 e. The summed E-state index contributed by atoms with van der Waals surface area (Å²) in [5, 5.41) is 20.5. The monoisotopic (exact) mass is 332 g/mol. The quantitative estimate of drug-likeness (QED) is 0.846. The highest BCUT2D eigenvalue weighted by atomic mass is 79.9. The molecule has 0 saturated carbocycles. The van der Waals surface area contributed by atoms with Gasteiger partial charge in [-0.3, -0.25) is 0 Å². The van der Waals surface area contributed by atoms with Crippen molar-refractivity contribution in [2.24, 2.45) is 0 Å². The highest BCUT2D eigenvalue weighted by Gasteiger charge is 2.09. The van der Waals surface area contributed by atoms with Gasteiger partial charge in [0, 0.05) is 10.2 Å². The first-order valence-electron chi connectivity index (χ1n) is 5.14. The van der Waals surface area contributed by atoms with Crippen LogP contribution in [0.4, 0.5) is 4.39 Å². The van der Waals surface area contributed by atoms with Crippen molar-refractivity contribution in [2.75, 3.05) is 6.61 Å². The summed E-state index contributed by atoms with van der Waals surface area (Å²) in [7, 11) is 0. The molecule has 5 nitrogen and oxygen atoms in total. The lowest BCUT2D eigenvalue weighted by molar-refractivity contribution is 0.262. The molecule has 96 valence electrons. The van der Waals surface area contributed by atoms with Crippen LogP contribution in [-0.4, -0.2) is 31.9 Å². The fraction of sp³-hybridized carbons (Fsp3) is 0.300. The van der Waals surface area contributed by atoms with Crippen LogP contribution in [0.1, 0.15) is 5.56 Å². The molecule has 0 bridgehead atoms. The van der Waals surface area contributed by atoms with Gasteiger partial charge < -0.3 is 5.11 Å². The van der Waals surface area contributed by atoms with E-state index >= 15 is 0 Å². The van der Waals surface area contributed by atoms with Crippen molar-refractivity contribution in [3.63, 3.8) is 0 Å². The maximum Gasteiger partial charge on any atom is 0.209 e. The van der Waals surface area contributed by atoms with E-state index in [9.17, 15) is 4.39 Å². The van der Waals surface area contributed by atoms with Crippen molar-refractivity contribution >= 4 is 27.7 Å². The molecule has 0 aliphatic carbocycles. The number of aliphatic hydroxyl groups is 1. The van der Waals surface area contributed by atoms with Gasteiger partial charge in [0.2, 0.25) is 5.16 Å². The molecular formula is C10H10BrFN4OS. The van der Waals surface area contributed by atoms with Crippen molar-refractivity contribution in [3.8, 4) is 0 Å². The molecule has 18 heavy (non-hydrogen) atoms. The van der Waals surface area contributed by atoms with Crippen molar-refractivity contribution < 1.29 is 9.50 Å². The van der Waals surface area contributed by atoms with Crippen LogP contribution in [0.2, 0.25) is 0 Å². The molecular weight excluding hydrogens is 323 g/mol. The molecule has 2 aromatic rings. The van der Waals surface area contributed by atoms with Crippen LogP contribution in [0, 0.1) is 5.82 Å². The maximum atomic E-state index is 13.6. The minimum Gasteiger partial charge on any atom is -0.394 e. The second-order valence-electron chi connectivity index (χ2n) is 3.43. The molecule has 0 aliphatic heterocycles. The molecule has 1 aromatic heterocycles. The number of benzene rings is 1. The summed E-state index contributed by atoms with van der Waals surface area (Å²) in [6.07, 6.45) is 0. The predicted molar refractivity (Wildman–Crippen MR) is 68.6 cm³/mol. The number of nitrogens with zero attached hydrogens (tertiary/aromatic N) is 4. The third-order valence-electron chi connectivity index (χ3n) is 2.18. The minimum atomic E-state index is -0.266. The summed E-state index contributed by atoms with van der Waals surface area (Å²) in [6, 6.07) is 4.93. The third kappa shape index (κ3) is 3.27. The summed E-state index contributed by atoms with van der Waals surface area (Å²) in [5.74, 6) is 0.170. The molecule has 0 spiro atoms. The van der Waals surface area contributed by atoms with E-state index in [1.807, 2.05) is 0 Å². The summed E-state index contributed by atoms with van der Waals surface area (Å²) in [6.45, 7) is 0.295. The highest BCUT2D eigenvalue weighted by molar-refractivity contribution is 9.10. The zero-order chi connectivity index (χ0) is 13.0. The van der Waals surface area contributed by atoms with Crippen molar-refractivity contribution in [2.45, 2.75) is 17.5 Å². The zero-order valence-electron chi connectivity index (χ0n) is 9.25. The Balaban J connectivity index is 2.04. The fourth-order valence-electron chi connectivity index (χ4n) is 1.32. The molecule has 0 atom stereocenters. The highest BCUT2D eigenvalue weighted by Crippen LogP contribution is 2.23. The molecule has 0 unspecified atom stereocenters. The Bertz CT molecular complexity index is 536. The number of halogens is 2. The number of hydrogen-bond donors (Lipinski definition) is 1. The summed E-state index contributed by atoms with van der Waals surface area (Å²) in [5.41, 5.74) is 0.585. The molecule has 8 heteroatoms. The lowest BCUT2D eigenvalue weighted by atomic mass is 10.2. The molecule has 0 fully saturated rings. The average molecular weight is 333 g/mol. The van der Waals surface area contributed by atoms with E-state index in [-0.39, 0.29) is 12.4 Å². The summed E-state index contributed by atoms with van der Waals surface area (Å²) >= 11 is 4.53. The zero-order valence-corrected chi connectivity index (χ0v) is 11.7. The van der Waals surface area contributed by atoms with E-state index < -0.39 is 0 Å². The van der Waals surface area contributed by atoms with E-state index in [1.165, 1.54) is 22.5 Å². The lowest BCUT2D eigenvalue weighted by Crippen LogP contribution is -2.05. The van der Waals surface area contributed by atoms with E-state index in [0.717, 1.165) is 0 Å². The lowest BCUT2D eigenvalue weighted by Gasteiger charge is -2.04. The number of rotatable bonds is 5. The summed E-state index contributed by atoms with van der Waals surface area (Å²) in [4.78, 5) is 0. The molecule has 0 amide bonds. The topological polar surface area (TPSA) is 63.8 Å². The number of tetrazole rings is 1. The van der Waals surface area contributed by atoms with E-state index in [0.29, 0.717) is 27.5 Å². The number of aliphatic hydroxyl groups excluding tert-OH is 1. The first-order valence-corrected chi connectivity index (χ1v) is 6.92. The van der Waals surface area contributed by atoms with Gasteiger partial charge in [0.05, 0.1) is 13.2 Å². The Hall–Kier alpha value is -0.990. The van der Waals surface area contributed by atoms with Crippen LogP contribution in [0.3, 0.4) is 0 Å². The molecule has 1 N–H and O–H groups in total. The van der Waals surface area contributed by atoms with Crippen molar-refractivity contribution in [1.82, 2.24) is 20.2 Å². The SMILES string of the molecule is OCCn1nnnc1SCc1ccc(Br)cc1F. The van der Waals surface area contributed by atoms with Gasteiger partial charge in [-0.05, 0) is 28.1 Å². The average Bonchev–Trinajstić information content (AvgIpc) is 2.76. The van der Waals surface area contributed by atoms with Crippen LogP contribution in [0.15, 0.2) is 27.8 Å². The van der Waals surface area contributed by atoms with Crippen LogP contribution in [0.25, 0.3) is 0 Å². The van der Waals surface area contributed by atoms with Crippen molar-refractivity contribution in [1.29, 1.82) is 0 Å². The van der Waals surface area contributed by atoms with Gasteiger partial charge in [-0.1, -0.05) is 33.8 Å². The van der Waals surface area contributed by atoms with Gasteiger partial charge in [0.1, 0.15) is 5.82 Å². The number of aromatic nitrogens is 4. The van der Waals surface area contributed by atoms with Gasteiger partial charge >= 0.3 is 0 Å². The van der Waals surface area contributed by atoms with Gasteiger partial charge in [0.25, 0.3) is 0 Å². The van der Waals surface area contributed by atoms with Gasteiger partial charge in [-0.25, -0.2) is 9.07 Å². The van der Waals surface area contributed by atoms with E-state index in [2.05, 4.69) is 31.5 Å². The second kappa shape index (κ2) is 6.26. The van der Waals surface area contributed by atoms with E-state index in [4.69, 9.17) is 5.11 Å². The van der Waals surface area contributed by atoms with Gasteiger partial charge in [-0.2, -0.15) is 0 Å². The Morgan fingerprint density at radius 1 is 1.44 bits per heavy atom. The maximum absolute atomic E-state index is 13.6. The van der Waals surface area contributed by atoms with E-state index in [1.54, 1.807) is 12.1 Å². The molecule has 0 saturated heterocycles. The molecule has 1 heterocycles. The van der Waals surface area contributed by atoms with Crippen LogP contribution >= 0.6 is 27.7 Å². The molecule has 0 aliphatic rings. The fourth-order valence-corrected chi connectivity index (χ4v) is 2.54. The normalized spacial score (nSPS) is 10.8. The smallest absolute Gasteiger partial charge is 0.209 e. The Morgan fingerprint density at radius 2 is 2.28 bits per heavy atom. The first kappa shape index (κ1) is 13.4. The first-order chi connectivity index (χ1) is 8.70. The summed E-state index contributed by atoms with van der Waals surface area (Å²) < 4.78 is 15.8. The number of hydrogen-bond acceptors (Lipinski definition) is 5. The Kier molecular flexibility index (Phi) is 4.67. The molecule has 2 rings (SSSR count). The third-order valence-corrected chi connectivity index (χ3v) is 3.68. The second-order valence-corrected chi connectivity index (χ2v) is 5.29. The van der Waals surface area contributed by atoms with Crippen LogP contribution in [-0.2, 0) is 12.3 Å². The van der Waals surface area contributed by atoms with Gasteiger partial charge in [-0.15, -0.1) is 5.10 Å². The van der Waals surface area contributed by atoms with Crippen LogP contribution < -0.4 is 0 Å². The Morgan fingerprint density at radius 3 is 3.00 bits per heavy atom. The minimum absolute atomic E-state index is 0.0365. The number of thioether (sulfide) groups is 1. The molecule has 1 aromatic carbocycles. The van der Waals surface area contributed by atoms with Gasteiger partial charge in [0.15, 0.2) is 0 Å². The standard InChI is InChI=1S/C10H10BrFN4OS/c11-8-2-1-7(9(12)5-8)6-18-10-13-14-15-16(10)3-4-17/h1-2,5,17H,3-4,6H2. The predicted octanol–water partition coefficient (Wildman–Crippen LogP) is 1.86.